The predicted octanol–water partition coefficient (Wildman–Crippen LogP) is 2.24. The summed E-state index contributed by atoms with van der Waals surface area (Å²) in [6.45, 7) is 4.21. The van der Waals surface area contributed by atoms with Crippen molar-refractivity contribution in [2.24, 2.45) is 5.92 Å². The number of rotatable bonds is 4. The fraction of sp³-hybridized carbons (Fsp3) is 0.500. The smallest absolute Gasteiger partial charge is 0.251 e. The Morgan fingerprint density at radius 2 is 1.90 bits per heavy atom. The van der Waals surface area contributed by atoms with E-state index in [1.165, 1.54) is 13.3 Å². The van der Waals surface area contributed by atoms with Crippen LogP contribution in [0.3, 0.4) is 0 Å². The van der Waals surface area contributed by atoms with Gasteiger partial charge in [0.05, 0.1) is 0 Å². The van der Waals surface area contributed by atoms with Gasteiger partial charge in [-0.1, -0.05) is 19.1 Å². The lowest BCUT2D eigenvalue weighted by molar-refractivity contribution is -0.119. The van der Waals surface area contributed by atoms with Crippen LogP contribution in [0, 0.1) is 5.92 Å². The highest BCUT2D eigenvalue weighted by Gasteiger charge is 2.22. The van der Waals surface area contributed by atoms with Crippen molar-refractivity contribution in [1.29, 1.82) is 0 Å². The van der Waals surface area contributed by atoms with Crippen molar-refractivity contribution in [3.05, 3.63) is 35.4 Å². The van der Waals surface area contributed by atoms with Gasteiger partial charge in [-0.2, -0.15) is 0 Å². The summed E-state index contributed by atoms with van der Waals surface area (Å²) in [6.07, 6.45) is 3.35. The second-order valence-electron chi connectivity index (χ2n) is 5.70. The molecule has 1 aliphatic carbocycles. The van der Waals surface area contributed by atoms with Crippen molar-refractivity contribution in [3.8, 4) is 0 Å². The molecule has 2 N–H and O–H groups in total. The van der Waals surface area contributed by atoms with Crippen LogP contribution in [0.15, 0.2) is 24.3 Å². The van der Waals surface area contributed by atoms with Crippen molar-refractivity contribution in [1.82, 2.24) is 10.6 Å². The molecular formula is C16H22N2O2. The molecule has 0 aliphatic heterocycles. The maximum Gasteiger partial charge on any atom is 0.251 e. The Balaban J connectivity index is 1.88. The van der Waals surface area contributed by atoms with E-state index in [9.17, 15) is 9.59 Å². The van der Waals surface area contributed by atoms with Crippen molar-refractivity contribution >= 4 is 11.8 Å². The highest BCUT2D eigenvalue weighted by Crippen LogP contribution is 2.24. The Kier molecular flexibility index (Phi) is 4.77. The zero-order valence-corrected chi connectivity index (χ0v) is 12.1. The van der Waals surface area contributed by atoms with Crippen LogP contribution in [-0.4, -0.2) is 17.9 Å². The highest BCUT2D eigenvalue weighted by molar-refractivity contribution is 5.94. The average Bonchev–Trinajstić information content (AvgIpc) is 2.82. The van der Waals surface area contributed by atoms with Gasteiger partial charge >= 0.3 is 0 Å². The average molecular weight is 274 g/mol. The van der Waals surface area contributed by atoms with Crippen LogP contribution in [-0.2, 0) is 11.3 Å². The summed E-state index contributed by atoms with van der Waals surface area (Å²) in [5.41, 5.74) is 1.67. The molecule has 2 unspecified atom stereocenters. The lowest BCUT2D eigenvalue weighted by Crippen LogP contribution is -2.32. The summed E-state index contributed by atoms with van der Waals surface area (Å²) in [5.74, 6) is 0.651. The van der Waals surface area contributed by atoms with Crippen LogP contribution in [0.25, 0.3) is 0 Å². The summed E-state index contributed by atoms with van der Waals surface area (Å²) in [5, 5.41) is 5.82. The van der Waals surface area contributed by atoms with Crippen molar-refractivity contribution < 1.29 is 9.59 Å². The van der Waals surface area contributed by atoms with E-state index in [-0.39, 0.29) is 11.8 Å². The minimum Gasteiger partial charge on any atom is -0.352 e. The molecule has 1 aromatic carbocycles. The Morgan fingerprint density at radius 1 is 1.20 bits per heavy atom. The van der Waals surface area contributed by atoms with E-state index >= 15 is 0 Å². The minimum absolute atomic E-state index is 0.00447. The standard InChI is InChI=1S/C16H22N2O2/c1-11-3-8-15(9-11)18-16(20)14-6-4-13(5-7-14)10-17-12(2)19/h4-7,11,15H,3,8-10H2,1-2H3,(H,17,19)(H,18,20). The predicted molar refractivity (Wildman–Crippen MR) is 78.2 cm³/mol. The number of amides is 2. The normalized spacial score (nSPS) is 21.5. The molecule has 1 aliphatic rings. The van der Waals surface area contributed by atoms with Crippen LogP contribution >= 0.6 is 0 Å². The largest absolute Gasteiger partial charge is 0.352 e. The zero-order valence-electron chi connectivity index (χ0n) is 12.1. The molecule has 0 aromatic heterocycles. The third kappa shape index (κ3) is 4.08. The maximum atomic E-state index is 12.1. The highest BCUT2D eigenvalue weighted by atomic mass is 16.2. The molecule has 2 atom stereocenters. The monoisotopic (exact) mass is 274 g/mol. The molecule has 4 nitrogen and oxygen atoms in total. The lowest BCUT2D eigenvalue weighted by atomic mass is 10.1. The molecule has 0 saturated heterocycles. The lowest BCUT2D eigenvalue weighted by Gasteiger charge is -2.12. The summed E-state index contributed by atoms with van der Waals surface area (Å²) >= 11 is 0. The van der Waals surface area contributed by atoms with Crippen LogP contribution in [0.1, 0.15) is 49.0 Å². The number of nitrogens with one attached hydrogen (secondary N) is 2. The third-order valence-electron chi connectivity index (χ3n) is 3.79. The second kappa shape index (κ2) is 6.55. The first-order valence-corrected chi connectivity index (χ1v) is 7.19. The fourth-order valence-electron chi connectivity index (χ4n) is 2.61. The molecule has 0 spiro atoms. The van der Waals surface area contributed by atoms with E-state index in [1.807, 2.05) is 24.3 Å². The Bertz CT molecular complexity index is 482. The molecule has 1 saturated carbocycles. The molecule has 20 heavy (non-hydrogen) atoms. The molecule has 108 valence electrons. The van der Waals surface area contributed by atoms with Gasteiger partial charge in [0.15, 0.2) is 0 Å². The number of carbonyl (C=O) groups excluding carboxylic acids is 2. The third-order valence-corrected chi connectivity index (χ3v) is 3.79. The molecule has 4 heteroatoms. The van der Waals surface area contributed by atoms with E-state index in [2.05, 4.69) is 17.6 Å². The van der Waals surface area contributed by atoms with Gasteiger partial charge in [-0.05, 0) is 42.9 Å². The number of carbonyl (C=O) groups is 2. The number of hydrogen-bond acceptors (Lipinski definition) is 2. The van der Waals surface area contributed by atoms with Gasteiger partial charge in [-0.25, -0.2) is 0 Å². The Morgan fingerprint density at radius 3 is 2.45 bits per heavy atom. The molecule has 0 bridgehead atoms. The van der Waals surface area contributed by atoms with Crippen molar-refractivity contribution in [2.75, 3.05) is 0 Å². The van der Waals surface area contributed by atoms with Gasteiger partial charge in [-0.3, -0.25) is 9.59 Å². The molecule has 2 rings (SSSR count). The Hall–Kier alpha value is -1.84. The topological polar surface area (TPSA) is 58.2 Å². The van der Waals surface area contributed by atoms with Crippen LogP contribution in [0.4, 0.5) is 0 Å². The molecular weight excluding hydrogens is 252 g/mol. The number of benzene rings is 1. The van der Waals surface area contributed by atoms with Gasteiger partial charge in [-0.15, -0.1) is 0 Å². The summed E-state index contributed by atoms with van der Waals surface area (Å²) in [7, 11) is 0. The van der Waals surface area contributed by atoms with Gasteiger partial charge in [0, 0.05) is 25.1 Å². The van der Waals surface area contributed by atoms with E-state index in [0.29, 0.717) is 24.1 Å². The van der Waals surface area contributed by atoms with Gasteiger partial charge in [0.2, 0.25) is 5.91 Å². The first-order valence-electron chi connectivity index (χ1n) is 7.19. The fourth-order valence-corrected chi connectivity index (χ4v) is 2.61. The molecule has 2 amide bonds. The SMILES string of the molecule is CC(=O)NCc1ccc(C(=O)NC2CCC(C)C2)cc1. The van der Waals surface area contributed by atoms with Crippen LogP contribution in [0.5, 0.6) is 0 Å². The quantitative estimate of drug-likeness (QED) is 0.884. The first-order chi connectivity index (χ1) is 9.54. The van der Waals surface area contributed by atoms with Gasteiger partial charge in [0.1, 0.15) is 0 Å². The van der Waals surface area contributed by atoms with Crippen molar-refractivity contribution in [3.63, 3.8) is 0 Å². The summed E-state index contributed by atoms with van der Waals surface area (Å²) in [6, 6.07) is 7.69. The first kappa shape index (κ1) is 14.6. The second-order valence-corrected chi connectivity index (χ2v) is 5.70. The van der Waals surface area contributed by atoms with E-state index in [0.717, 1.165) is 18.4 Å². The van der Waals surface area contributed by atoms with E-state index < -0.39 is 0 Å². The molecule has 0 radical (unpaired) electrons. The minimum atomic E-state index is -0.0535. The Labute approximate surface area is 119 Å². The molecule has 1 fully saturated rings. The number of hydrogen-bond donors (Lipinski definition) is 2. The van der Waals surface area contributed by atoms with Crippen LogP contribution < -0.4 is 10.6 Å². The molecule has 1 aromatic rings. The molecule has 0 heterocycles. The zero-order chi connectivity index (χ0) is 14.5. The van der Waals surface area contributed by atoms with Gasteiger partial charge in [0.25, 0.3) is 5.91 Å². The van der Waals surface area contributed by atoms with Crippen LogP contribution in [0.2, 0.25) is 0 Å². The summed E-state index contributed by atoms with van der Waals surface area (Å²) < 4.78 is 0. The summed E-state index contributed by atoms with van der Waals surface area (Å²) in [4.78, 5) is 22.9. The maximum absolute atomic E-state index is 12.1. The van der Waals surface area contributed by atoms with Gasteiger partial charge < -0.3 is 10.6 Å². The van der Waals surface area contributed by atoms with E-state index in [4.69, 9.17) is 0 Å². The van der Waals surface area contributed by atoms with Crippen molar-refractivity contribution in [2.45, 2.75) is 45.7 Å². The van der Waals surface area contributed by atoms with E-state index in [1.54, 1.807) is 0 Å².